The molecular weight excluding hydrogens is 318 g/mol. The summed E-state index contributed by atoms with van der Waals surface area (Å²) in [4.78, 5) is 4.66. The molecule has 0 saturated heterocycles. The van der Waals surface area contributed by atoms with Gasteiger partial charge in [-0.05, 0) is 36.4 Å². The first-order valence-corrected chi connectivity index (χ1v) is 8.51. The lowest BCUT2D eigenvalue weighted by Gasteiger charge is -2.33. The van der Waals surface area contributed by atoms with Gasteiger partial charge in [-0.3, -0.25) is 0 Å². The third-order valence-electron chi connectivity index (χ3n) is 4.06. The molecule has 0 radical (unpaired) electrons. The molecule has 1 aliphatic heterocycles. The van der Waals surface area contributed by atoms with Crippen LogP contribution in [-0.4, -0.2) is 14.2 Å². The molecule has 0 amide bonds. The zero-order chi connectivity index (χ0) is 16.5. The maximum absolute atomic E-state index is 5.61. The molecule has 0 fully saturated rings. The van der Waals surface area contributed by atoms with Crippen LogP contribution in [0.4, 0.5) is 17.1 Å². The largest absolute Gasteiger partial charge is 0.497 e. The van der Waals surface area contributed by atoms with E-state index in [1.54, 1.807) is 26.0 Å². The van der Waals surface area contributed by atoms with Gasteiger partial charge in [-0.15, -0.1) is 0 Å². The summed E-state index contributed by atoms with van der Waals surface area (Å²) >= 11 is 1.78. The van der Waals surface area contributed by atoms with Gasteiger partial charge in [-0.2, -0.15) is 0 Å². The number of rotatable bonds is 3. The predicted octanol–water partition coefficient (Wildman–Crippen LogP) is 5.64. The van der Waals surface area contributed by atoms with E-state index in [1.165, 1.54) is 9.79 Å². The average molecular weight is 335 g/mol. The van der Waals surface area contributed by atoms with Gasteiger partial charge in [-0.1, -0.05) is 36.0 Å². The van der Waals surface area contributed by atoms with Gasteiger partial charge in [0.2, 0.25) is 0 Å². The van der Waals surface area contributed by atoms with Crippen LogP contribution in [0.5, 0.6) is 11.5 Å². The fourth-order valence-corrected chi connectivity index (χ4v) is 3.97. The third kappa shape index (κ3) is 2.39. The van der Waals surface area contributed by atoms with Crippen molar-refractivity contribution in [2.75, 3.05) is 19.1 Å². The minimum Gasteiger partial charge on any atom is -0.497 e. The van der Waals surface area contributed by atoms with Crippen molar-refractivity contribution < 1.29 is 9.47 Å². The van der Waals surface area contributed by atoms with Crippen molar-refractivity contribution in [2.45, 2.75) is 9.79 Å². The maximum atomic E-state index is 5.61. The zero-order valence-electron chi connectivity index (χ0n) is 13.5. The van der Waals surface area contributed by atoms with Crippen LogP contribution in [0.1, 0.15) is 0 Å². The van der Waals surface area contributed by atoms with Crippen molar-refractivity contribution >= 4 is 28.8 Å². The Morgan fingerprint density at radius 2 is 1.42 bits per heavy atom. The van der Waals surface area contributed by atoms with Crippen molar-refractivity contribution in [3.63, 3.8) is 0 Å². The van der Waals surface area contributed by atoms with E-state index in [0.29, 0.717) is 0 Å². The molecule has 0 aromatic heterocycles. The maximum Gasteiger partial charge on any atom is 0.142 e. The lowest BCUT2D eigenvalue weighted by molar-refractivity contribution is 0.414. The second kappa shape index (κ2) is 6.13. The lowest BCUT2D eigenvalue weighted by Crippen LogP contribution is -2.15. The van der Waals surface area contributed by atoms with Crippen LogP contribution in [0.2, 0.25) is 0 Å². The standard InChI is InChI=1S/C20H17NO2S/c1-22-14-11-12-20-17(13-14)21(15-7-3-5-9-18(15)23-2)16-8-4-6-10-19(16)24-20/h3-13H,1-2H3. The number of methoxy groups -OCH3 is 2. The third-order valence-corrected chi connectivity index (χ3v) is 5.19. The Balaban J connectivity index is 1.98. The molecule has 120 valence electrons. The summed E-state index contributed by atoms with van der Waals surface area (Å²) in [5.74, 6) is 1.68. The Bertz CT molecular complexity index is 894. The van der Waals surface area contributed by atoms with Crippen LogP contribution in [0, 0.1) is 0 Å². The molecule has 24 heavy (non-hydrogen) atoms. The summed E-state index contributed by atoms with van der Waals surface area (Å²) in [6.07, 6.45) is 0. The van der Waals surface area contributed by atoms with Gasteiger partial charge in [0.05, 0.1) is 31.3 Å². The van der Waals surface area contributed by atoms with E-state index in [-0.39, 0.29) is 0 Å². The van der Waals surface area contributed by atoms with Crippen LogP contribution in [0.25, 0.3) is 0 Å². The molecule has 3 nitrogen and oxygen atoms in total. The van der Waals surface area contributed by atoms with E-state index in [0.717, 1.165) is 28.6 Å². The van der Waals surface area contributed by atoms with E-state index in [4.69, 9.17) is 9.47 Å². The summed E-state index contributed by atoms with van der Waals surface area (Å²) in [5, 5.41) is 0. The topological polar surface area (TPSA) is 21.7 Å². The van der Waals surface area contributed by atoms with Crippen LogP contribution in [0.3, 0.4) is 0 Å². The zero-order valence-corrected chi connectivity index (χ0v) is 14.3. The molecule has 0 bridgehead atoms. The summed E-state index contributed by atoms with van der Waals surface area (Å²) in [7, 11) is 3.40. The van der Waals surface area contributed by atoms with Crippen LogP contribution in [-0.2, 0) is 0 Å². The molecule has 4 heteroatoms. The van der Waals surface area contributed by atoms with E-state index in [1.807, 2.05) is 24.3 Å². The first-order chi connectivity index (χ1) is 11.8. The fourth-order valence-electron chi connectivity index (χ4n) is 2.94. The van der Waals surface area contributed by atoms with E-state index >= 15 is 0 Å². The molecule has 1 heterocycles. The van der Waals surface area contributed by atoms with Crippen LogP contribution < -0.4 is 14.4 Å². The summed E-state index contributed by atoms with van der Waals surface area (Å²) in [6.45, 7) is 0. The smallest absolute Gasteiger partial charge is 0.142 e. The molecule has 0 atom stereocenters. The van der Waals surface area contributed by atoms with Crippen molar-refractivity contribution in [1.82, 2.24) is 0 Å². The predicted molar refractivity (Wildman–Crippen MR) is 98.4 cm³/mol. The Labute approximate surface area is 145 Å². The first kappa shape index (κ1) is 15.0. The number of ether oxygens (including phenoxy) is 2. The molecule has 3 aromatic rings. The number of anilines is 3. The number of hydrogen-bond donors (Lipinski definition) is 0. The van der Waals surface area contributed by atoms with Gasteiger partial charge in [0.1, 0.15) is 11.5 Å². The molecule has 0 aliphatic carbocycles. The van der Waals surface area contributed by atoms with Crippen molar-refractivity contribution in [3.8, 4) is 11.5 Å². The highest BCUT2D eigenvalue weighted by Gasteiger charge is 2.26. The molecular formula is C20H17NO2S. The molecule has 0 spiro atoms. The van der Waals surface area contributed by atoms with Crippen molar-refractivity contribution in [3.05, 3.63) is 66.7 Å². The molecule has 0 unspecified atom stereocenters. The van der Waals surface area contributed by atoms with Crippen molar-refractivity contribution in [1.29, 1.82) is 0 Å². The molecule has 4 rings (SSSR count). The summed E-state index contributed by atoms with van der Waals surface area (Å²) in [5.41, 5.74) is 3.26. The van der Waals surface area contributed by atoms with Gasteiger partial charge in [-0.25, -0.2) is 0 Å². The molecule has 3 aromatic carbocycles. The highest BCUT2D eigenvalue weighted by molar-refractivity contribution is 7.99. The van der Waals surface area contributed by atoms with Gasteiger partial charge < -0.3 is 14.4 Å². The highest BCUT2D eigenvalue weighted by Crippen LogP contribution is 2.53. The number of para-hydroxylation sites is 3. The monoisotopic (exact) mass is 335 g/mol. The van der Waals surface area contributed by atoms with Gasteiger partial charge in [0, 0.05) is 15.9 Å². The van der Waals surface area contributed by atoms with Gasteiger partial charge in [0.15, 0.2) is 0 Å². The molecule has 0 N–H and O–H groups in total. The SMILES string of the molecule is COc1ccc2c(c1)N(c1ccccc1OC)c1ccccc1S2. The first-order valence-electron chi connectivity index (χ1n) is 7.70. The molecule has 1 aliphatic rings. The summed E-state index contributed by atoms with van der Waals surface area (Å²) in [6, 6.07) is 22.7. The Morgan fingerprint density at radius 1 is 0.708 bits per heavy atom. The number of hydrogen-bond acceptors (Lipinski definition) is 4. The van der Waals surface area contributed by atoms with Crippen LogP contribution in [0.15, 0.2) is 76.5 Å². The minimum absolute atomic E-state index is 0.841. The second-order valence-corrected chi connectivity index (χ2v) is 6.49. The van der Waals surface area contributed by atoms with Gasteiger partial charge >= 0.3 is 0 Å². The Hall–Kier alpha value is -2.59. The number of fused-ring (bicyclic) bond motifs is 2. The normalized spacial score (nSPS) is 12.3. The minimum atomic E-state index is 0.841. The van der Waals surface area contributed by atoms with E-state index < -0.39 is 0 Å². The van der Waals surface area contributed by atoms with E-state index in [2.05, 4.69) is 47.4 Å². The van der Waals surface area contributed by atoms with Crippen LogP contribution >= 0.6 is 11.8 Å². The fraction of sp³-hybridized carbons (Fsp3) is 0.100. The van der Waals surface area contributed by atoms with Crippen molar-refractivity contribution in [2.24, 2.45) is 0 Å². The quantitative estimate of drug-likeness (QED) is 0.483. The average Bonchev–Trinajstić information content (AvgIpc) is 2.65. The second-order valence-electron chi connectivity index (χ2n) is 5.41. The highest BCUT2D eigenvalue weighted by atomic mass is 32.2. The van der Waals surface area contributed by atoms with Gasteiger partial charge in [0.25, 0.3) is 0 Å². The number of benzene rings is 3. The van der Waals surface area contributed by atoms with E-state index in [9.17, 15) is 0 Å². The Kier molecular flexibility index (Phi) is 3.82. The Morgan fingerprint density at radius 3 is 2.21 bits per heavy atom. The lowest BCUT2D eigenvalue weighted by atomic mass is 10.1. The number of nitrogens with zero attached hydrogens (tertiary/aromatic N) is 1. The molecule has 0 saturated carbocycles. The summed E-state index contributed by atoms with van der Waals surface area (Å²) < 4.78 is 11.0.